The van der Waals surface area contributed by atoms with Gasteiger partial charge in [0, 0.05) is 0 Å². The molecule has 1 aromatic carbocycles. The zero-order chi connectivity index (χ0) is 12.6. The number of nitrogens with zero attached hydrogens (tertiary/aromatic N) is 1. The second-order valence-corrected chi connectivity index (χ2v) is 5.04. The first-order chi connectivity index (χ1) is 8.29. The van der Waals surface area contributed by atoms with Crippen LogP contribution in [0, 0.1) is 11.3 Å². The van der Waals surface area contributed by atoms with Crippen molar-refractivity contribution in [3.63, 3.8) is 0 Å². The number of thioether (sulfide) groups is 1. The van der Waals surface area contributed by atoms with Gasteiger partial charge in [-0.05, 0) is 37.0 Å². The molecule has 0 aliphatic heterocycles. The molecular formula is C14H20N2S. The van der Waals surface area contributed by atoms with Crippen LogP contribution >= 0.6 is 11.8 Å². The zero-order valence-electron chi connectivity index (χ0n) is 10.6. The highest BCUT2D eigenvalue weighted by atomic mass is 32.2. The van der Waals surface area contributed by atoms with Crippen LogP contribution in [0.25, 0.3) is 0 Å². The van der Waals surface area contributed by atoms with Crippen LogP contribution in [0.2, 0.25) is 0 Å². The second kappa shape index (κ2) is 7.37. The molecule has 0 aliphatic carbocycles. The third-order valence-electron chi connectivity index (χ3n) is 2.82. The fourth-order valence-electron chi connectivity index (χ4n) is 1.81. The molecule has 0 radical (unpaired) electrons. The lowest BCUT2D eigenvalue weighted by molar-refractivity contribution is 0.417. The van der Waals surface area contributed by atoms with Crippen LogP contribution in [0.3, 0.4) is 0 Å². The van der Waals surface area contributed by atoms with Crippen LogP contribution in [-0.2, 0) is 5.54 Å². The molecule has 1 aromatic rings. The number of nitriles is 1. The smallest absolute Gasteiger partial charge is 0.133 e. The average Bonchev–Trinajstić information content (AvgIpc) is 2.41. The lowest BCUT2D eigenvalue weighted by Gasteiger charge is -2.28. The van der Waals surface area contributed by atoms with Gasteiger partial charge in [-0.2, -0.15) is 17.0 Å². The number of nitrogens with one attached hydrogen (secondary N) is 1. The SMILES string of the molecule is CCCNC(C#N)(CCSC)c1ccccc1. The minimum absolute atomic E-state index is 0.527. The minimum atomic E-state index is -0.527. The maximum Gasteiger partial charge on any atom is 0.133 e. The van der Waals surface area contributed by atoms with E-state index in [2.05, 4.69) is 24.6 Å². The van der Waals surface area contributed by atoms with E-state index in [1.165, 1.54) is 0 Å². The summed E-state index contributed by atoms with van der Waals surface area (Å²) in [5, 5.41) is 13.0. The Morgan fingerprint density at radius 3 is 2.59 bits per heavy atom. The monoisotopic (exact) mass is 248 g/mol. The van der Waals surface area contributed by atoms with Gasteiger partial charge in [-0.1, -0.05) is 37.3 Å². The van der Waals surface area contributed by atoms with Crippen LogP contribution in [0.4, 0.5) is 0 Å². The van der Waals surface area contributed by atoms with E-state index in [0.717, 1.165) is 30.7 Å². The molecule has 0 amide bonds. The summed E-state index contributed by atoms with van der Waals surface area (Å²) in [4.78, 5) is 0. The third-order valence-corrected chi connectivity index (χ3v) is 3.43. The Labute approximate surface area is 108 Å². The topological polar surface area (TPSA) is 35.8 Å². The molecule has 92 valence electrons. The van der Waals surface area contributed by atoms with Crippen LogP contribution in [-0.4, -0.2) is 18.6 Å². The second-order valence-electron chi connectivity index (χ2n) is 4.05. The molecule has 1 rings (SSSR count). The van der Waals surface area contributed by atoms with Gasteiger partial charge in [0.2, 0.25) is 0 Å². The molecule has 1 unspecified atom stereocenters. The standard InChI is InChI=1S/C14H20N2S/c1-3-10-16-14(12-15,9-11-17-2)13-7-5-4-6-8-13/h4-8,16H,3,9-11H2,1-2H3. The van der Waals surface area contributed by atoms with Crippen LogP contribution in [0.15, 0.2) is 30.3 Å². The summed E-state index contributed by atoms with van der Waals surface area (Å²) in [6.07, 6.45) is 3.96. The maximum absolute atomic E-state index is 9.56. The summed E-state index contributed by atoms with van der Waals surface area (Å²) in [6.45, 7) is 2.99. The molecule has 0 saturated heterocycles. The number of hydrogen-bond donors (Lipinski definition) is 1. The molecule has 0 heterocycles. The molecule has 0 saturated carbocycles. The van der Waals surface area contributed by atoms with Gasteiger partial charge < -0.3 is 0 Å². The fraction of sp³-hybridized carbons (Fsp3) is 0.500. The first kappa shape index (κ1) is 14.1. The normalized spacial score (nSPS) is 13.9. The summed E-state index contributed by atoms with van der Waals surface area (Å²) in [6, 6.07) is 12.5. The molecular weight excluding hydrogens is 228 g/mol. The van der Waals surface area contributed by atoms with Crippen LogP contribution in [0.1, 0.15) is 25.3 Å². The summed E-state index contributed by atoms with van der Waals surface area (Å²) >= 11 is 1.78. The van der Waals surface area contributed by atoms with Crippen molar-refractivity contribution in [2.45, 2.75) is 25.3 Å². The predicted molar refractivity (Wildman–Crippen MR) is 75.0 cm³/mol. The van der Waals surface area contributed by atoms with E-state index >= 15 is 0 Å². The van der Waals surface area contributed by atoms with Gasteiger partial charge in [0.25, 0.3) is 0 Å². The van der Waals surface area contributed by atoms with E-state index < -0.39 is 5.54 Å². The summed E-state index contributed by atoms with van der Waals surface area (Å²) in [7, 11) is 0. The Hall–Kier alpha value is -0.980. The molecule has 0 aliphatic rings. The van der Waals surface area contributed by atoms with Crippen molar-refractivity contribution < 1.29 is 0 Å². The quantitative estimate of drug-likeness (QED) is 0.805. The van der Waals surface area contributed by atoms with Crippen molar-refractivity contribution in [3.05, 3.63) is 35.9 Å². The van der Waals surface area contributed by atoms with Gasteiger partial charge >= 0.3 is 0 Å². The van der Waals surface area contributed by atoms with E-state index in [1.807, 2.05) is 30.3 Å². The molecule has 2 nitrogen and oxygen atoms in total. The predicted octanol–water partition coefficient (Wildman–Crippen LogP) is 3.16. The molecule has 0 bridgehead atoms. The van der Waals surface area contributed by atoms with E-state index in [9.17, 15) is 5.26 Å². The lowest BCUT2D eigenvalue weighted by atomic mass is 9.88. The Kier molecular flexibility index (Phi) is 6.10. The Morgan fingerprint density at radius 1 is 1.35 bits per heavy atom. The van der Waals surface area contributed by atoms with Crippen LogP contribution < -0.4 is 5.32 Å². The van der Waals surface area contributed by atoms with Crippen molar-refractivity contribution in [1.29, 1.82) is 5.26 Å². The first-order valence-electron chi connectivity index (χ1n) is 6.00. The van der Waals surface area contributed by atoms with Gasteiger partial charge in [0.15, 0.2) is 0 Å². The summed E-state index contributed by atoms with van der Waals surface area (Å²) in [5.74, 6) is 0.985. The summed E-state index contributed by atoms with van der Waals surface area (Å²) in [5.41, 5.74) is 0.547. The van der Waals surface area contributed by atoms with Crippen molar-refractivity contribution in [3.8, 4) is 6.07 Å². The van der Waals surface area contributed by atoms with Gasteiger partial charge in [-0.3, -0.25) is 5.32 Å². The van der Waals surface area contributed by atoms with E-state index in [0.29, 0.717) is 0 Å². The van der Waals surface area contributed by atoms with E-state index in [4.69, 9.17) is 0 Å². The molecule has 0 spiro atoms. The zero-order valence-corrected chi connectivity index (χ0v) is 11.4. The highest BCUT2D eigenvalue weighted by molar-refractivity contribution is 7.98. The highest BCUT2D eigenvalue weighted by Crippen LogP contribution is 2.25. The Balaban J connectivity index is 2.94. The molecule has 0 aromatic heterocycles. The molecule has 3 heteroatoms. The maximum atomic E-state index is 9.56. The van der Waals surface area contributed by atoms with Crippen molar-refractivity contribution in [1.82, 2.24) is 5.32 Å². The largest absolute Gasteiger partial charge is 0.296 e. The lowest BCUT2D eigenvalue weighted by Crippen LogP contribution is -2.42. The third kappa shape index (κ3) is 3.76. The minimum Gasteiger partial charge on any atom is -0.296 e. The van der Waals surface area contributed by atoms with Crippen molar-refractivity contribution >= 4 is 11.8 Å². The number of benzene rings is 1. The molecule has 1 atom stereocenters. The average molecular weight is 248 g/mol. The number of hydrogen-bond acceptors (Lipinski definition) is 3. The van der Waals surface area contributed by atoms with Gasteiger partial charge in [0.1, 0.15) is 5.54 Å². The van der Waals surface area contributed by atoms with Crippen molar-refractivity contribution in [2.75, 3.05) is 18.6 Å². The van der Waals surface area contributed by atoms with Crippen LogP contribution in [0.5, 0.6) is 0 Å². The molecule has 1 N–H and O–H groups in total. The fourth-order valence-corrected chi connectivity index (χ4v) is 2.32. The highest BCUT2D eigenvalue weighted by Gasteiger charge is 2.30. The summed E-state index contributed by atoms with van der Waals surface area (Å²) < 4.78 is 0. The van der Waals surface area contributed by atoms with Gasteiger partial charge in [-0.25, -0.2) is 0 Å². The van der Waals surface area contributed by atoms with E-state index in [-0.39, 0.29) is 0 Å². The van der Waals surface area contributed by atoms with Gasteiger partial charge in [-0.15, -0.1) is 0 Å². The first-order valence-corrected chi connectivity index (χ1v) is 7.39. The molecule has 0 fully saturated rings. The molecule has 17 heavy (non-hydrogen) atoms. The van der Waals surface area contributed by atoms with Gasteiger partial charge in [0.05, 0.1) is 6.07 Å². The Bertz CT molecular complexity index is 348. The number of rotatable bonds is 7. The van der Waals surface area contributed by atoms with E-state index in [1.54, 1.807) is 11.8 Å². The van der Waals surface area contributed by atoms with Crippen molar-refractivity contribution in [2.24, 2.45) is 0 Å². The Morgan fingerprint density at radius 2 is 2.06 bits per heavy atom.